The fraction of sp³-hybridized carbons (Fsp3) is 0.138. The summed E-state index contributed by atoms with van der Waals surface area (Å²) in [5, 5.41) is 22.1. The van der Waals surface area contributed by atoms with Crippen molar-refractivity contribution in [3.05, 3.63) is 141 Å². The number of aliphatic hydroxyl groups excluding tert-OH is 2. The molecule has 4 rings (SSSR count). The van der Waals surface area contributed by atoms with E-state index >= 15 is 0 Å². The van der Waals surface area contributed by atoms with Crippen molar-refractivity contribution in [1.82, 2.24) is 0 Å². The Bertz CT molecular complexity index is 1560. The molecule has 0 aliphatic carbocycles. The third-order valence-electron chi connectivity index (χ3n) is 6.67. The minimum Gasteiger partial charge on any atom is -0.387 e. The van der Waals surface area contributed by atoms with E-state index in [1.165, 1.54) is 0 Å². The summed E-state index contributed by atoms with van der Waals surface area (Å²) in [5.41, 5.74) is -4.04. The zero-order valence-electron chi connectivity index (χ0n) is 21.3. The van der Waals surface area contributed by atoms with Gasteiger partial charge in [0.2, 0.25) is 0 Å². The van der Waals surface area contributed by atoms with Crippen molar-refractivity contribution < 1.29 is 67.7 Å². The van der Waals surface area contributed by atoms with Gasteiger partial charge >= 0.3 is 0 Å². The van der Waals surface area contributed by atoms with Crippen LogP contribution in [0, 0.1) is 69.8 Å². The summed E-state index contributed by atoms with van der Waals surface area (Å²) in [5.74, 6) is -30.9. The summed E-state index contributed by atoms with van der Waals surface area (Å²) < 4.78 is 168. The molecule has 0 aromatic heterocycles. The van der Waals surface area contributed by atoms with E-state index in [2.05, 4.69) is 0 Å². The fourth-order valence-electron chi connectivity index (χ4n) is 4.58. The van der Waals surface area contributed by atoms with Crippen molar-refractivity contribution in [2.75, 3.05) is 0 Å². The van der Waals surface area contributed by atoms with E-state index < -0.39 is 122 Å². The summed E-state index contributed by atoms with van der Waals surface area (Å²) in [6, 6.07) is 1.06. The number of hydrogen-bond donors (Lipinski definition) is 2. The molecule has 15 heteroatoms. The van der Waals surface area contributed by atoms with Crippen LogP contribution >= 0.6 is 0 Å². The quantitative estimate of drug-likeness (QED) is 0.158. The Balaban J connectivity index is 2.00. The van der Waals surface area contributed by atoms with Crippen LogP contribution in [-0.4, -0.2) is 16.0 Å². The number of aliphatic hydroxyl groups is 2. The van der Waals surface area contributed by atoms with Gasteiger partial charge in [-0.2, -0.15) is 0 Å². The van der Waals surface area contributed by atoms with E-state index in [1.807, 2.05) is 0 Å². The fourth-order valence-corrected chi connectivity index (χ4v) is 4.58. The average molecular weight is 638 g/mol. The lowest BCUT2D eigenvalue weighted by Gasteiger charge is -2.30. The lowest BCUT2D eigenvalue weighted by molar-refractivity contribution is -0.127. The van der Waals surface area contributed by atoms with Gasteiger partial charge in [0.15, 0.2) is 75.6 Å². The molecule has 0 bridgehead atoms. The van der Waals surface area contributed by atoms with Crippen molar-refractivity contribution in [2.45, 2.75) is 24.0 Å². The van der Waals surface area contributed by atoms with Crippen LogP contribution in [0.4, 0.5) is 52.7 Å². The number of carbonyl (C=O) groups is 1. The van der Waals surface area contributed by atoms with Gasteiger partial charge in [0.1, 0.15) is 0 Å². The van der Waals surface area contributed by atoms with E-state index in [4.69, 9.17) is 0 Å². The van der Waals surface area contributed by atoms with Crippen molar-refractivity contribution in [3.8, 4) is 0 Å². The molecule has 4 unspecified atom stereocenters. The number of carbonyl (C=O) groups excluding carboxylic acids is 1. The molecule has 0 fully saturated rings. The second kappa shape index (κ2) is 12.3. The first-order valence-corrected chi connectivity index (χ1v) is 12.0. The third kappa shape index (κ3) is 6.01. The highest BCUT2D eigenvalue weighted by molar-refractivity contribution is 5.93. The summed E-state index contributed by atoms with van der Waals surface area (Å²) in [7, 11) is 0. The molecule has 0 amide bonds. The van der Waals surface area contributed by atoms with E-state index in [-0.39, 0.29) is 48.5 Å². The number of ketones is 1. The lowest BCUT2D eigenvalue weighted by Crippen LogP contribution is -2.30. The first-order valence-electron chi connectivity index (χ1n) is 12.0. The molecule has 3 nitrogen and oxygen atoms in total. The normalized spacial score (nSPS) is 14.3. The summed E-state index contributed by atoms with van der Waals surface area (Å²) in [4.78, 5) is 14.0. The monoisotopic (exact) mass is 638 g/mol. The van der Waals surface area contributed by atoms with Gasteiger partial charge in [-0.05, 0) is 70.8 Å². The van der Waals surface area contributed by atoms with Crippen LogP contribution in [0.15, 0.2) is 48.5 Å². The molecule has 2 N–H and O–H groups in total. The minimum absolute atomic E-state index is 0.118. The van der Waals surface area contributed by atoms with Gasteiger partial charge in [-0.15, -0.1) is 0 Å². The number of Topliss-reactive ketones (excluding diaryl/α,β-unsaturated/α-hetero) is 1. The van der Waals surface area contributed by atoms with Crippen LogP contribution in [-0.2, 0) is 4.79 Å². The minimum atomic E-state index is -2.66. The molecule has 44 heavy (non-hydrogen) atoms. The van der Waals surface area contributed by atoms with Crippen LogP contribution in [0.5, 0.6) is 0 Å². The molecule has 0 spiro atoms. The first kappa shape index (κ1) is 32.5. The number of hydrogen-bond acceptors (Lipinski definition) is 3. The molecule has 4 aromatic rings. The predicted octanol–water partition coefficient (Wildman–Crippen LogP) is 7.26. The van der Waals surface area contributed by atoms with Crippen LogP contribution < -0.4 is 0 Å². The molecular weight excluding hydrogens is 624 g/mol. The van der Waals surface area contributed by atoms with E-state index in [1.54, 1.807) is 0 Å². The molecule has 4 atom stereocenters. The Hall–Kier alpha value is -4.37. The Kier molecular flexibility index (Phi) is 9.11. The smallest absolute Gasteiger partial charge is 0.194 e. The second-order valence-corrected chi connectivity index (χ2v) is 9.44. The number of halogens is 12. The molecule has 0 heterocycles. The van der Waals surface area contributed by atoms with Crippen molar-refractivity contribution >= 4 is 5.78 Å². The van der Waals surface area contributed by atoms with Crippen LogP contribution in [0.2, 0.25) is 0 Å². The largest absolute Gasteiger partial charge is 0.387 e. The highest BCUT2D eigenvalue weighted by Gasteiger charge is 2.41. The maximum Gasteiger partial charge on any atom is 0.194 e. The van der Waals surface area contributed by atoms with E-state index in [0.29, 0.717) is 0 Å². The van der Waals surface area contributed by atoms with Gasteiger partial charge in [0.25, 0.3) is 0 Å². The summed E-state index contributed by atoms with van der Waals surface area (Å²) >= 11 is 0. The van der Waals surface area contributed by atoms with Gasteiger partial charge in [-0.1, -0.05) is 0 Å². The van der Waals surface area contributed by atoms with Crippen LogP contribution in [0.25, 0.3) is 0 Å². The van der Waals surface area contributed by atoms with Gasteiger partial charge in [0.05, 0.1) is 24.0 Å². The SMILES string of the molecule is O=C(C(c1cc(F)c(F)c(F)c1)C(O)c1cc(F)c(F)c(F)c1)C(c1cc(F)c(F)c(F)c1)C(O)c1cc(F)c(F)c(F)c1. The first-order chi connectivity index (χ1) is 20.5. The maximum atomic E-state index is 14.2. The van der Waals surface area contributed by atoms with Gasteiger partial charge in [0, 0.05) is 0 Å². The molecule has 0 aliphatic heterocycles. The van der Waals surface area contributed by atoms with E-state index in [9.17, 15) is 67.7 Å². The molecular formula is C29H14F12O3. The van der Waals surface area contributed by atoms with Crippen molar-refractivity contribution in [3.63, 3.8) is 0 Å². The summed E-state index contributed by atoms with van der Waals surface area (Å²) in [6.45, 7) is 0. The highest BCUT2D eigenvalue weighted by atomic mass is 19.2. The zero-order valence-corrected chi connectivity index (χ0v) is 21.3. The zero-order chi connectivity index (χ0) is 32.8. The third-order valence-corrected chi connectivity index (χ3v) is 6.67. The molecule has 232 valence electrons. The number of rotatable bonds is 8. The van der Waals surface area contributed by atoms with Gasteiger partial charge in [-0.3, -0.25) is 4.79 Å². The van der Waals surface area contributed by atoms with Crippen molar-refractivity contribution in [1.29, 1.82) is 0 Å². The molecule has 0 saturated heterocycles. The molecule has 0 saturated carbocycles. The Morgan fingerprint density at radius 3 is 0.773 bits per heavy atom. The van der Waals surface area contributed by atoms with E-state index in [0.717, 1.165) is 0 Å². The lowest BCUT2D eigenvalue weighted by atomic mass is 9.75. The van der Waals surface area contributed by atoms with Crippen LogP contribution in [0.3, 0.4) is 0 Å². The molecule has 0 radical (unpaired) electrons. The molecule has 4 aromatic carbocycles. The van der Waals surface area contributed by atoms with Gasteiger partial charge in [-0.25, -0.2) is 52.7 Å². The molecule has 0 aliphatic rings. The highest BCUT2D eigenvalue weighted by Crippen LogP contribution is 2.43. The predicted molar refractivity (Wildman–Crippen MR) is 126 cm³/mol. The Labute approximate surface area is 238 Å². The summed E-state index contributed by atoms with van der Waals surface area (Å²) in [6.07, 6.45) is -5.33. The van der Waals surface area contributed by atoms with Crippen molar-refractivity contribution in [2.24, 2.45) is 0 Å². The maximum absolute atomic E-state index is 14.2. The standard InChI is InChI=1S/C29H14F12O3/c30-13-1-9(2-14(31)23(13)38)21(27(42)11-5-17(34)25(40)18(35)6-11)29(44)22(10-3-15(32)24(39)16(33)4-10)28(43)12-7-19(36)26(41)20(37)8-12/h1-8,21-22,27-28,42-43H. The number of benzene rings is 4. The Morgan fingerprint density at radius 2 is 0.568 bits per heavy atom. The van der Waals surface area contributed by atoms with Crippen LogP contribution in [0.1, 0.15) is 46.3 Å². The second-order valence-electron chi connectivity index (χ2n) is 9.44. The Morgan fingerprint density at radius 1 is 0.386 bits per heavy atom. The topological polar surface area (TPSA) is 57.5 Å². The van der Waals surface area contributed by atoms with Gasteiger partial charge < -0.3 is 10.2 Å². The average Bonchev–Trinajstić information content (AvgIpc) is 2.95.